The fourth-order valence-corrected chi connectivity index (χ4v) is 1.74. The second-order valence-corrected chi connectivity index (χ2v) is 4.41. The van der Waals surface area contributed by atoms with E-state index in [9.17, 15) is 0 Å². The SMILES string of the molecule is C=C(C)SCC(/C=C\C=C/C)CC. The van der Waals surface area contributed by atoms with Crippen molar-refractivity contribution in [2.24, 2.45) is 5.92 Å². The lowest BCUT2D eigenvalue weighted by atomic mass is 10.1. The molecule has 0 radical (unpaired) electrons. The third-order valence-corrected chi connectivity index (χ3v) is 2.84. The zero-order chi connectivity index (χ0) is 10.1. The van der Waals surface area contributed by atoms with Crippen molar-refractivity contribution in [3.8, 4) is 0 Å². The number of hydrogen-bond acceptors (Lipinski definition) is 1. The second kappa shape index (κ2) is 8.18. The summed E-state index contributed by atoms with van der Waals surface area (Å²) in [5.41, 5.74) is 0. The standard InChI is InChI=1S/C12H20S/c1-5-7-8-9-12(6-2)10-13-11(3)4/h5,7-9,12H,3,6,10H2,1-2,4H3/b7-5-,9-8-. The zero-order valence-corrected chi connectivity index (χ0v) is 9.73. The van der Waals surface area contributed by atoms with Gasteiger partial charge in [-0.05, 0) is 31.1 Å². The quantitative estimate of drug-likeness (QED) is 0.567. The van der Waals surface area contributed by atoms with Gasteiger partial charge in [0.1, 0.15) is 0 Å². The van der Waals surface area contributed by atoms with Gasteiger partial charge in [0.05, 0.1) is 0 Å². The molecule has 0 rings (SSSR count). The first kappa shape index (κ1) is 12.6. The molecule has 0 saturated heterocycles. The predicted molar refractivity (Wildman–Crippen MR) is 65.0 cm³/mol. The average Bonchev–Trinajstić information content (AvgIpc) is 2.10. The molecule has 0 spiro atoms. The van der Waals surface area contributed by atoms with E-state index >= 15 is 0 Å². The van der Waals surface area contributed by atoms with Crippen LogP contribution >= 0.6 is 11.8 Å². The van der Waals surface area contributed by atoms with Gasteiger partial charge in [-0.3, -0.25) is 0 Å². The molecule has 13 heavy (non-hydrogen) atoms. The van der Waals surface area contributed by atoms with E-state index in [0.29, 0.717) is 5.92 Å². The lowest BCUT2D eigenvalue weighted by Gasteiger charge is -2.08. The van der Waals surface area contributed by atoms with Crippen molar-refractivity contribution in [1.82, 2.24) is 0 Å². The molecule has 0 bridgehead atoms. The lowest BCUT2D eigenvalue weighted by molar-refractivity contribution is 0.710. The third-order valence-electron chi connectivity index (χ3n) is 1.76. The molecular weight excluding hydrogens is 176 g/mol. The van der Waals surface area contributed by atoms with Crippen LogP contribution in [0.5, 0.6) is 0 Å². The van der Waals surface area contributed by atoms with Gasteiger partial charge in [0.2, 0.25) is 0 Å². The monoisotopic (exact) mass is 196 g/mol. The van der Waals surface area contributed by atoms with Crippen molar-refractivity contribution >= 4 is 11.8 Å². The van der Waals surface area contributed by atoms with Gasteiger partial charge in [-0.1, -0.05) is 37.8 Å². The highest BCUT2D eigenvalue weighted by molar-refractivity contribution is 8.03. The summed E-state index contributed by atoms with van der Waals surface area (Å²) in [5.74, 6) is 1.83. The maximum atomic E-state index is 3.88. The van der Waals surface area contributed by atoms with E-state index in [0.717, 1.165) is 5.75 Å². The van der Waals surface area contributed by atoms with E-state index in [-0.39, 0.29) is 0 Å². The molecule has 1 heteroatoms. The van der Waals surface area contributed by atoms with Gasteiger partial charge in [0, 0.05) is 5.75 Å². The lowest BCUT2D eigenvalue weighted by Crippen LogP contribution is -1.97. The molecule has 0 aliphatic carbocycles. The summed E-state index contributed by atoms with van der Waals surface area (Å²) in [6, 6.07) is 0. The van der Waals surface area contributed by atoms with E-state index in [1.807, 2.05) is 18.7 Å². The molecule has 0 aliphatic heterocycles. The van der Waals surface area contributed by atoms with Crippen LogP contribution in [0, 0.1) is 5.92 Å². The Balaban J connectivity index is 3.81. The first-order valence-electron chi connectivity index (χ1n) is 4.78. The van der Waals surface area contributed by atoms with Gasteiger partial charge in [-0.2, -0.15) is 0 Å². The van der Waals surface area contributed by atoms with Crippen LogP contribution in [0.2, 0.25) is 0 Å². The van der Waals surface area contributed by atoms with Crippen LogP contribution in [-0.4, -0.2) is 5.75 Å². The second-order valence-electron chi connectivity index (χ2n) is 3.09. The van der Waals surface area contributed by atoms with Crippen molar-refractivity contribution in [2.75, 3.05) is 5.75 Å². The molecule has 74 valence electrons. The minimum Gasteiger partial charge on any atom is -0.131 e. The van der Waals surface area contributed by atoms with Crippen molar-refractivity contribution in [3.63, 3.8) is 0 Å². The first-order valence-corrected chi connectivity index (χ1v) is 5.77. The van der Waals surface area contributed by atoms with Crippen LogP contribution < -0.4 is 0 Å². The molecular formula is C12H20S. The number of hydrogen-bond donors (Lipinski definition) is 0. The number of thioether (sulfide) groups is 1. The summed E-state index contributed by atoms with van der Waals surface area (Å²) in [6.07, 6.45) is 9.74. The molecule has 0 N–H and O–H groups in total. The smallest absolute Gasteiger partial charge is 0.00395 e. The van der Waals surface area contributed by atoms with Crippen LogP contribution in [0.4, 0.5) is 0 Å². The van der Waals surface area contributed by atoms with Crippen LogP contribution in [0.3, 0.4) is 0 Å². The van der Waals surface area contributed by atoms with Crippen LogP contribution in [0.1, 0.15) is 27.2 Å². The maximum absolute atomic E-state index is 3.88. The van der Waals surface area contributed by atoms with Crippen LogP contribution in [0.25, 0.3) is 0 Å². The van der Waals surface area contributed by atoms with E-state index in [1.165, 1.54) is 11.3 Å². The number of allylic oxidation sites excluding steroid dienone is 5. The summed E-state index contributed by atoms with van der Waals surface area (Å²) in [7, 11) is 0. The highest BCUT2D eigenvalue weighted by atomic mass is 32.2. The van der Waals surface area contributed by atoms with Gasteiger partial charge >= 0.3 is 0 Å². The predicted octanol–water partition coefficient (Wildman–Crippen LogP) is 4.41. The molecule has 0 saturated carbocycles. The molecule has 0 aromatic carbocycles. The van der Waals surface area contributed by atoms with Crippen molar-refractivity contribution < 1.29 is 0 Å². The molecule has 0 amide bonds. The molecule has 0 fully saturated rings. The van der Waals surface area contributed by atoms with E-state index in [4.69, 9.17) is 0 Å². The van der Waals surface area contributed by atoms with Crippen LogP contribution in [-0.2, 0) is 0 Å². The molecule has 0 aromatic heterocycles. The molecule has 1 unspecified atom stereocenters. The zero-order valence-electron chi connectivity index (χ0n) is 8.92. The summed E-state index contributed by atoms with van der Waals surface area (Å²) in [4.78, 5) is 1.21. The Morgan fingerprint density at radius 1 is 1.46 bits per heavy atom. The number of rotatable bonds is 6. The minimum absolute atomic E-state index is 0.679. The molecule has 0 heterocycles. The Bertz CT molecular complexity index is 189. The van der Waals surface area contributed by atoms with Crippen molar-refractivity contribution in [3.05, 3.63) is 35.8 Å². The largest absolute Gasteiger partial charge is 0.131 e. The van der Waals surface area contributed by atoms with Gasteiger partial charge in [0.15, 0.2) is 0 Å². The Morgan fingerprint density at radius 2 is 2.15 bits per heavy atom. The fraction of sp³-hybridized carbons (Fsp3) is 0.500. The van der Waals surface area contributed by atoms with Gasteiger partial charge in [0.25, 0.3) is 0 Å². The average molecular weight is 196 g/mol. The third kappa shape index (κ3) is 7.92. The highest BCUT2D eigenvalue weighted by Gasteiger charge is 2.00. The van der Waals surface area contributed by atoms with Crippen LogP contribution in [0.15, 0.2) is 35.8 Å². The summed E-state index contributed by atoms with van der Waals surface area (Å²) in [6.45, 7) is 10.2. The topological polar surface area (TPSA) is 0 Å². The van der Waals surface area contributed by atoms with Crippen molar-refractivity contribution in [2.45, 2.75) is 27.2 Å². The Morgan fingerprint density at radius 3 is 2.62 bits per heavy atom. The Hall–Kier alpha value is -0.430. The highest BCUT2D eigenvalue weighted by Crippen LogP contribution is 2.19. The fourth-order valence-electron chi connectivity index (χ4n) is 0.891. The van der Waals surface area contributed by atoms with E-state index in [1.54, 1.807) is 0 Å². The van der Waals surface area contributed by atoms with Gasteiger partial charge in [-0.15, -0.1) is 11.8 Å². The molecule has 0 aromatic rings. The summed E-state index contributed by atoms with van der Waals surface area (Å²) < 4.78 is 0. The minimum atomic E-state index is 0.679. The van der Waals surface area contributed by atoms with E-state index < -0.39 is 0 Å². The maximum Gasteiger partial charge on any atom is 0.00395 e. The van der Waals surface area contributed by atoms with Crippen molar-refractivity contribution in [1.29, 1.82) is 0 Å². The Labute approximate surface area is 86.8 Å². The van der Waals surface area contributed by atoms with E-state index in [2.05, 4.69) is 44.7 Å². The normalized spacial score (nSPS) is 14.1. The molecule has 1 atom stereocenters. The Kier molecular flexibility index (Phi) is 7.91. The van der Waals surface area contributed by atoms with Gasteiger partial charge in [-0.25, -0.2) is 0 Å². The summed E-state index contributed by atoms with van der Waals surface area (Å²) in [5, 5.41) is 0. The summed E-state index contributed by atoms with van der Waals surface area (Å²) >= 11 is 1.85. The van der Waals surface area contributed by atoms with Gasteiger partial charge < -0.3 is 0 Å². The molecule has 0 nitrogen and oxygen atoms in total. The molecule has 0 aliphatic rings. The first-order chi connectivity index (χ1) is 6.20.